The van der Waals surface area contributed by atoms with Gasteiger partial charge in [0.15, 0.2) is 0 Å². The Labute approximate surface area is 200 Å². The highest BCUT2D eigenvalue weighted by molar-refractivity contribution is 7.89. The number of hydrogen-bond acceptors (Lipinski definition) is 6. The van der Waals surface area contributed by atoms with Crippen LogP contribution >= 0.6 is 0 Å². The number of benzene rings is 2. The van der Waals surface area contributed by atoms with Gasteiger partial charge in [0.1, 0.15) is 0 Å². The van der Waals surface area contributed by atoms with Crippen LogP contribution in [-0.2, 0) is 10.0 Å². The molecule has 2 aromatic carbocycles. The largest absolute Gasteiger partial charge is 0.371 e. The first kappa shape index (κ1) is 24.2. The van der Waals surface area contributed by atoms with Crippen LogP contribution in [0.3, 0.4) is 0 Å². The molecule has 2 aliphatic rings. The average Bonchev–Trinajstić information content (AvgIpc) is 2.86. The van der Waals surface area contributed by atoms with Crippen molar-refractivity contribution in [3.05, 3.63) is 57.6 Å². The quantitative estimate of drug-likeness (QED) is 0.481. The number of aryl methyl sites for hydroxylation is 1. The number of carbonyl (C=O) groups excluding carboxylic acids is 1. The number of sulfonamides is 1. The zero-order valence-corrected chi connectivity index (χ0v) is 20.1. The number of anilines is 2. The van der Waals surface area contributed by atoms with E-state index in [4.69, 9.17) is 0 Å². The van der Waals surface area contributed by atoms with Gasteiger partial charge in [-0.1, -0.05) is 12.5 Å². The zero-order chi connectivity index (χ0) is 24.3. The highest BCUT2D eigenvalue weighted by Gasteiger charge is 2.29. The maximum Gasteiger partial charge on any atom is 0.271 e. The zero-order valence-electron chi connectivity index (χ0n) is 19.3. The molecular weight excluding hydrogens is 456 g/mol. The number of rotatable bonds is 6. The number of amides is 1. The number of nitrogens with one attached hydrogen (secondary N) is 1. The minimum Gasteiger partial charge on any atom is -0.371 e. The van der Waals surface area contributed by atoms with Gasteiger partial charge in [0.2, 0.25) is 10.0 Å². The van der Waals surface area contributed by atoms with E-state index in [-0.39, 0.29) is 16.1 Å². The van der Waals surface area contributed by atoms with Crippen molar-refractivity contribution in [1.29, 1.82) is 0 Å². The minimum absolute atomic E-state index is 0.0936. The van der Waals surface area contributed by atoms with E-state index in [0.29, 0.717) is 30.0 Å². The Morgan fingerprint density at radius 2 is 1.59 bits per heavy atom. The SMILES string of the molecule is Cc1ccc([N+](=O)[O-])cc1NC(=O)c1cc(S(=O)(=O)N2CCCCC2)ccc1N1CCCCC1. The van der Waals surface area contributed by atoms with Gasteiger partial charge in [-0.25, -0.2) is 8.42 Å². The standard InChI is InChI=1S/C24H30N4O5S/c1-18-8-9-19(28(30)31)16-22(18)25-24(29)21-17-20(34(32,33)27-14-6-3-7-15-27)10-11-23(21)26-12-4-2-5-13-26/h8-11,16-17H,2-7,12-15H2,1H3,(H,25,29). The molecule has 10 heteroatoms. The highest BCUT2D eigenvalue weighted by Crippen LogP contribution is 2.31. The molecule has 0 aromatic heterocycles. The molecule has 2 aliphatic heterocycles. The Bertz CT molecular complexity index is 1190. The van der Waals surface area contributed by atoms with Crippen LogP contribution in [0.25, 0.3) is 0 Å². The molecule has 0 spiro atoms. The number of carbonyl (C=O) groups is 1. The van der Waals surface area contributed by atoms with Crippen LogP contribution in [0, 0.1) is 17.0 Å². The molecule has 4 rings (SSSR count). The molecular formula is C24H30N4O5S. The highest BCUT2D eigenvalue weighted by atomic mass is 32.2. The van der Waals surface area contributed by atoms with Crippen LogP contribution in [0.5, 0.6) is 0 Å². The van der Waals surface area contributed by atoms with Crippen LogP contribution in [0.15, 0.2) is 41.3 Å². The Hall–Kier alpha value is -2.98. The Kier molecular flexibility index (Phi) is 7.18. The molecule has 0 atom stereocenters. The van der Waals surface area contributed by atoms with Crippen LogP contribution in [0.2, 0.25) is 0 Å². The molecule has 0 unspecified atom stereocenters. The maximum atomic E-state index is 13.5. The first-order chi connectivity index (χ1) is 16.3. The van der Waals surface area contributed by atoms with Crippen molar-refractivity contribution >= 4 is 33.0 Å². The molecule has 182 valence electrons. The van der Waals surface area contributed by atoms with E-state index < -0.39 is 20.9 Å². The number of non-ortho nitro benzene ring substituents is 1. The van der Waals surface area contributed by atoms with Crippen LogP contribution in [0.4, 0.5) is 17.1 Å². The van der Waals surface area contributed by atoms with Gasteiger partial charge < -0.3 is 10.2 Å². The van der Waals surface area contributed by atoms with Gasteiger partial charge in [-0.2, -0.15) is 4.31 Å². The third-order valence-electron chi connectivity index (χ3n) is 6.54. The van der Waals surface area contributed by atoms with Crippen molar-refractivity contribution in [1.82, 2.24) is 4.31 Å². The summed E-state index contributed by atoms with van der Waals surface area (Å²) in [6.45, 7) is 4.28. The fourth-order valence-electron chi connectivity index (χ4n) is 4.57. The van der Waals surface area contributed by atoms with Crippen molar-refractivity contribution in [2.75, 3.05) is 36.4 Å². The lowest BCUT2D eigenvalue weighted by molar-refractivity contribution is -0.384. The van der Waals surface area contributed by atoms with E-state index in [1.807, 2.05) is 0 Å². The summed E-state index contributed by atoms with van der Waals surface area (Å²) in [5.74, 6) is -0.486. The molecule has 34 heavy (non-hydrogen) atoms. The molecule has 9 nitrogen and oxygen atoms in total. The second kappa shape index (κ2) is 10.1. The third-order valence-corrected chi connectivity index (χ3v) is 8.44. The van der Waals surface area contributed by atoms with Gasteiger partial charge in [-0.3, -0.25) is 14.9 Å². The second-order valence-corrected chi connectivity index (χ2v) is 10.8. The predicted octanol–water partition coefficient (Wildman–Crippen LogP) is 4.32. The number of nitro benzene ring substituents is 1. The van der Waals surface area contributed by atoms with Crippen LogP contribution < -0.4 is 10.2 Å². The molecule has 2 fully saturated rings. The Balaban J connectivity index is 1.72. The molecule has 1 amide bonds. The van der Waals surface area contributed by atoms with Crippen molar-refractivity contribution in [3.63, 3.8) is 0 Å². The first-order valence-corrected chi connectivity index (χ1v) is 13.2. The maximum absolute atomic E-state index is 13.5. The van der Waals surface area contributed by atoms with Crippen LogP contribution in [0.1, 0.15) is 54.4 Å². The van der Waals surface area contributed by atoms with E-state index in [1.54, 1.807) is 25.1 Å². The summed E-state index contributed by atoms with van der Waals surface area (Å²) < 4.78 is 28.1. The second-order valence-electron chi connectivity index (χ2n) is 8.90. The number of nitrogens with zero attached hydrogens (tertiary/aromatic N) is 3. The lowest BCUT2D eigenvalue weighted by atomic mass is 10.1. The summed E-state index contributed by atoms with van der Waals surface area (Å²) in [5.41, 5.74) is 1.81. The fraction of sp³-hybridized carbons (Fsp3) is 0.458. The summed E-state index contributed by atoms with van der Waals surface area (Å²) in [7, 11) is -3.72. The van der Waals surface area contributed by atoms with Crippen molar-refractivity contribution < 1.29 is 18.1 Å². The topological polar surface area (TPSA) is 113 Å². The molecule has 0 aliphatic carbocycles. The predicted molar refractivity (Wildman–Crippen MR) is 131 cm³/mol. The van der Waals surface area contributed by atoms with Crippen molar-refractivity contribution in [2.24, 2.45) is 0 Å². The molecule has 1 N–H and O–H groups in total. The van der Waals surface area contributed by atoms with E-state index in [1.165, 1.54) is 22.5 Å². The van der Waals surface area contributed by atoms with Gasteiger partial charge in [0.25, 0.3) is 11.6 Å². The van der Waals surface area contributed by atoms with E-state index in [0.717, 1.165) is 51.6 Å². The molecule has 0 saturated carbocycles. The monoisotopic (exact) mass is 486 g/mol. The lowest BCUT2D eigenvalue weighted by Gasteiger charge is -2.31. The molecule has 2 heterocycles. The normalized spacial score (nSPS) is 17.4. The minimum atomic E-state index is -3.72. The number of piperidine rings is 2. The molecule has 0 bridgehead atoms. The summed E-state index contributed by atoms with van der Waals surface area (Å²) in [6, 6.07) is 9.05. The van der Waals surface area contributed by atoms with E-state index in [2.05, 4.69) is 10.2 Å². The lowest BCUT2D eigenvalue weighted by Crippen LogP contribution is -2.36. The van der Waals surface area contributed by atoms with Crippen molar-refractivity contribution in [2.45, 2.75) is 50.3 Å². The Morgan fingerprint density at radius 1 is 0.941 bits per heavy atom. The van der Waals surface area contributed by atoms with Crippen LogP contribution in [-0.4, -0.2) is 49.7 Å². The van der Waals surface area contributed by atoms with Gasteiger partial charge in [0.05, 0.1) is 21.1 Å². The third kappa shape index (κ3) is 5.07. The Morgan fingerprint density at radius 3 is 2.24 bits per heavy atom. The van der Waals surface area contributed by atoms with E-state index >= 15 is 0 Å². The summed E-state index contributed by atoms with van der Waals surface area (Å²) in [4.78, 5) is 26.3. The summed E-state index contributed by atoms with van der Waals surface area (Å²) in [5, 5.41) is 14.0. The first-order valence-electron chi connectivity index (χ1n) is 11.7. The smallest absolute Gasteiger partial charge is 0.271 e. The van der Waals surface area contributed by atoms with Crippen molar-refractivity contribution in [3.8, 4) is 0 Å². The molecule has 2 saturated heterocycles. The number of nitro groups is 1. The van der Waals surface area contributed by atoms with Gasteiger partial charge >= 0.3 is 0 Å². The van der Waals surface area contributed by atoms with Gasteiger partial charge in [0, 0.05) is 44.0 Å². The summed E-state index contributed by atoms with van der Waals surface area (Å²) >= 11 is 0. The average molecular weight is 487 g/mol. The van der Waals surface area contributed by atoms with Gasteiger partial charge in [-0.05, 0) is 62.8 Å². The van der Waals surface area contributed by atoms with Gasteiger partial charge in [-0.15, -0.1) is 0 Å². The molecule has 0 radical (unpaired) electrons. The summed E-state index contributed by atoms with van der Waals surface area (Å²) in [6.07, 6.45) is 5.77. The number of hydrogen-bond donors (Lipinski definition) is 1. The van der Waals surface area contributed by atoms with E-state index in [9.17, 15) is 23.3 Å². The fourth-order valence-corrected chi connectivity index (χ4v) is 6.11. The molecule has 2 aromatic rings.